The summed E-state index contributed by atoms with van der Waals surface area (Å²) in [6.45, 7) is 7.62. The number of ketones is 1. The van der Waals surface area contributed by atoms with Crippen LogP contribution < -0.4 is 4.90 Å². The normalized spacial score (nSPS) is 15.9. The smallest absolute Gasteiger partial charge is 0.338 e. The van der Waals surface area contributed by atoms with Gasteiger partial charge in [-0.15, -0.1) is 0 Å². The van der Waals surface area contributed by atoms with Crippen LogP contribution in [0.4, 0.5) is 5.69 Å². The van der Waals surface area contributed by atoms with Crippen molar-refractivity contribution >= 4 is 28.5 Å². The molecule has 6 heteroatoms. The van der Waals surface area contributed by atoms with Gasteiger partial charge in [0.2, 0.25) is 0 Å². The Bertz CT molecular complexity index is 1240. The molecule has 4 rings (SSSR count). The molecule has 1 aliphatic heterocycles. The topological polar surface area (TPSA) is 72.4 Å². The summed E-state index contributed by atoms with van der Waals surface area (Å²) in [4.78, 5) is 36.1. The van der Waals surface area contributed by atoms with Crippen molar-refractivity contribution in [2.45, 2.75) is 33.1 Å². The molecule has 0 saturated carbocycles. The van der Waals surface area contributed by atoms with Gasteiger partial charge in [-0.2, -0.15) is 0 Å². The Morgan fingerprint density at radius 1 is 1.03 bits per heavy atom. The number of ether oxygens (including phenoxy) is 1. The van der Waals surface area contributed by atoms with Gasteiger partial charge in [-0.25, -0.2) is 14.8 Å². The van der Waals surface area contributed by atoms with Crippen molar-refractivity contribution in [2.24, 2.45) is 0 Å². The number of esters is 1. The largest absolute Gasteiger partial charge is 0.454 e. The third-order valence-corrected chi connectivity index (χ3v) is 5.89. The third kappa shape index (κ3) is 3.69. The van der Waals surface area contributed by atoms with Gasteiger partial charge in [0.1, 0.15) is 0 Å². The van der Waals surface area contributed by atoms with Gasteiger partial charge in [0.05, 0.1) is 28.0 Å². The Labute approximate surface area is 181 Å². The number of anilines is 1. The van der Waals surface area contributed by atoms with Crippen LogP contribution in [-0.4, -0.2) is 35.4 Å². The fourth-order valence-corrected chi connectivity index (χ4v) is 4.03. The van der Waals surface area contributed by atoms with Crippen molar-refractivity contribution in [2.75, 3.05) is 18.6 Å². The summed E-state index contributed by atoms with van der Waals surface area (Å²) in [5, 5.41) is 0. The predicted octanol–water partition coefficient (Wildman–Crippen LogP) is 4.28. The van der Waals surface area contributed by atoms with Gasteiger partial charge in [-0.3, -0.25) is 4.79 Å². The molecule has 0 fully saturated rings. The Morgan fingerprint density at radius 2 is 1.71 bits per heavy atom. The number of hydrogen-bond acceptors (Lipinski definition) is 6. The fourth-order valence-electron chi connectivity index (χ4n) is 4.03. The number of rotatable bonds is 4. The average Bonchev–Trinajstić information content (AvgIpc) is 2.93. The molecule has 0 unspecified atom stereocenters. The monoisotopic (exact) mass is 415 g/mol. The summed E-state index contributed by atoms with van der Waals surface area (Å²) in [5.41, 5.74) is 6.15. The molecule has 3 aromatic rings. The Balaban J connectivity index is 1.48. The SMILES string of the molecule is Cc1nc2ccc(C(=O)OCC(=O)C=C3N(C)c4ccccc4C3(C)C)cc2nc1C. The maximum atomic E-state index is 12.6. The summed E-state index contributed by atoms with van der Waals surface area (Å²) < 4.78 is 5.28. The number of carbonyl (C=O) groups excluding carboxylic acids is 2. The molecule has 1 aliphatic rings. The number of benzene rings is 2. The minimum absolute atomic E-state index is 0.261. The van der Waals surface area contributed by atoms with Gasteiger partial charge in [-0.05, 0) is 43.7 Å². The van der Waals surface area contributed by atoms with E-state index in [4.69, 9.17) is 4.74 Å². The Morgan fingerprint density at radius 3 is 2.42 bits per heavy atom. The zero-order chi connectivity index (χ0) is 22.3. The van der Waals surface area contributed by atoms with Crippen molar-refractivity contribution < 1.29 is 14.3 Å². The first-order chi connectivity index (χ1) is 14.7. The van der Waals surface area contributed by atoms with Crippen LogP contribution in [0.5, 0.6) is 0 Å². The quantitative estimate of drug-likeness (QED) is 0.468. The second kappa shape index (κ2) is 7.61. The van der Waals surface area contributed by atoms with Crippen LogP contribution in [-0.2, 0) is 14.9 Å². The van der Waals surface area contributed by atoms with E-state index in [-0.39, 0.29) is 17.8 Å². The Kier molecular flexibility index (Phi) is 5.09. The Hall–Kier alpha value is -3.54. The summed E-state index contributed by atoms with van der Waals surface area (Å²) in [5.74, 6) is -0.820. The molecular weight excluding hydrogens is 390 g/mol. The van der Waals surface area contributed by atoms with E-state index in [0.717, 1.165) is 28.3 Å². The van der Waals surface area contributed by atoms with Gasteiger partial charge < -0.3 is 9.64 Å². The molecule has 0 atom stereocenters. The van der Waals surface area contributed by atoms with Crippen LogP contribution in [0.3, 0.4) is 0 Å². The van der Waals surface area contributed by atoms with Crippen LogP contribution in [0.2, 0.25) is 0 Å². The van der Waals surface area contributed by atoms with Crippen molar-refractivity contribution in [1.82, 2.24) is 9.97 Å². The third-order valence-electron chi connectivity index (χ3n) is 5.89. The van der Waals surface area contributed by atoms with Gasteiger partial charge in [-0.1, -0.05) is 32.0 Å². The molecule has 0 spiro atoms. The van der Waals surface area contributed by atoms with Crippen LogP contribution in [0.15, 0.2) is 54.2 Å². The van der Waals surface area contributed by atoms with Crippen molar-refractivity contribution in [3.8, 4) is 0 Å². The molecule has 158 valence electrons. The lowest BCUT2D eigenvalue weighted by molar-refractivity contribution is -0.117. The van der Waals surface area contributed by atoms with Crippen LogP contribution in [0.25, 0.3) is 11.0 Å². The average molecular weight is 415 g/mol. The number of hydrogen-bond donors (Lipinski definition) is 0. The molecular formula is C25H25N3O3. The van der Waals surface area contributed by atoms with Gasteiger partial charge in [0.15, 0.2) is 12.4 Å². The molecule has 0 amide bonds. The van der Waals surface area contributed by atoms with E-state index in [1.165, 1.54) is 0 Å². The molecule has 0 bridgehead atoms. The number of nitrogens with zero attached hydrogens (tertiary/aromatic N) is 3. The standard InChI is InChI=1S/C25H25N3O3/c1-15-16(2)27-21-12-17(10-11-20(21)26-15)24(30)31-14-18(29)13-23-25(3,4)19-8-6-7-9-22(19)28(23)5/h6-13H,14H2,1-5H3. The lowest BCUT2D eigenvalue weighted by atomic mass is 9.83. The number of allylic oxidation sites excluding steroid dienone is 1. The van der Waals surface area contributed by atoms with Crippen molar-refractivity contribution in [1.29, 1.82) is 0 Å². The molecule has 0 radical (unpaired) electrons. The highest BCUT2D eigenvalue weighted by molar-refractivity contribution is 5.98. The van der Waals surface area contributed by atoms with E-state index in [1.54, 1.807) is 24.3 Å². The maximum absolute atomic E-state index is 12.6. The second-order valence-electron chi connectivity index (χ2n) is 8.37. The molecule has 2 heterocycles. The van der Waals surface area contributed by atoms with Gasteiger partial charge in [0.25, 0.3) is 0 Å². The van der Waals surface area contributed by atoms with Crippen molar-refractivity contribution in [3.05, 3.63) is 76.8 Å². The first-order valence-corrected chi connectivity index (χ1v) is 10.2. The summed E-state index contributed by atoms with van der Waals surface area (Å²) in [6, 6.07) is 13.1. The molecule has 0 aliphatic carbocycles. The van der Waals surface area contributed by atoms with E-state index in [9.17, 15) is 9.59 Å². The minimum atomic E-state index is -0.559. The van der Waals surface area contributed by atoms with Crippen LogP contribution in [0, 0.1) is 13.8 Å². The van der Waals surface area contributed by atoms with E-state index in [2.05, 4.69) is 29.9 Å². The van der Waals surface area contributed by atoms with Crippen LogP contribution >= 0.6 is 0 Å². The highest BCUT2D eigenvalue weighted by Gasteiger charge is 2.38. The van der Waals surface area contributed by atoms with E-state index in [1.807, 2.05) is 44.0 Å². The number of para-hydroxylation sites is 1. The molecule has 0 saturated heterocycles. The number of likely N-dealkylation sites (N-methyl/N-ethyl adjacent to an activating group) is 1. The minimum Gasteiger partial charge on any atom is -0.454 e. The highest BCUT2D eigenvalue weighted by Crippen LogP contribution is 2.46. The van der Waals surface area contributed by atoms with E-state index in [0.29, 0.717) is 16.6 Å². The second-order valence-corrected chi connectivity index (χ2v) is 8.37. The van der Waals surface area contributed by atoms with Gasteiger partial charge >= 0.3 is 5.97 Å². The lowest BCUT2D eigenvalue weighted by Gasteiger charge is -2.23. The van der Waals surface area contributed by atoms with Crippen molar-refractivity contribution in [3.63, 3.8) is 0 Å². The summed E-state index contributed by atoms with van der Waals surface area (Å²) in [6.07, 6.45) is 1.57. The summed E-state index contributed by atoms with van der Waals surface area (Å²) >= 11 is 0. The first-order valence-electron chi connectivity index (χ1n) is 10.2. The zero-order valence-electron chi connectivity index (χ0n) is 18.4. The lowest BCUT2D eigenvalue weighted by Crippen LogP contribution is -2.25. The van der Waals surface area contributed by atoms with E-state index >= 15 is 0 Å². The highest BCUT2D eigenvalue weighted by atomic mass is 16.5. The van der Waals surface area contributed by atoms with E-state index < -0.39 is 5.97 Å². The number of carbonyl (C=O) groups is 2. The predicted molar refractivity (Wildman–Crippen MR) is 120 cm³/mol. The number of aryl methyl sites for hydroxylation is 2. The van der Waals surface area contributed by atoms with Crippen LogP contribution in [0.1, 0.15) is 41.2 Å². The number of aromatic nitrogens is 2. The molecule has 2 aromatic carbocycles. The molecule has 31 heavy (non-hydrogen) atoms. The fraction of sp³-hybridized carbons (Fsp3) is 0.280. The zero-order valence-corrected chi connectivity index (χ0v) is 18.4. The molecule has 0 N–H and O–H groups in total. The van der Waals surface area contributed by atoms with Gasteiger partial charge in [0, 0.05) is 29.9 Å². The molecule has 6 nitrogen and oxygen atoms in total. The molecule has 1 aromatic heterocycles. The number of fused-ring (bicyclic) bond motifs is 2. The summed E-state index contributed by atoms with van der Waals surface area (Å²) in [7, 11) is 1.94. The first kappa shape index (κ1) is 20.7. The maximum Gasteiger partial charge on any atom is 0.338 e.